The number of rotatable bonds is 1. The number of hydrogen-bond acceptors (Lipinski definition) is 4. The molecule has 2 aliphatic heterocycles. The van der Waals surface area contributed by atoms with Crippen molar-refractivity contribution in [3.63, 3.8) is 0 Å². The molecule has 0 aromatic carbocycles. The summed E-state index contributed by atoms with van der Waals surface area (Å²) < 4.78 is 5.63. The van der Waals surface area contributed by atoms with E-state index in [1.165, 1.54) is 5.17 Å². The quantitative estimate of drug-likeness (QED) is 0.691. The van der Waals surface area contributed by atoms with Crippen LogP contribution in [0.1, 0.15) is 13.3 Å². The summed E-state index contributed by atoms with van der Waals surface area (Å²) >= 11 is 5.42. The molecule has 3 nitrogen and oxygen atoms in total. The molecular weight excluding hydrogens is 276 g/mol. The Morgan fingerprint density at radius 3 is 3.27 bits per heavy atom. The maximum absolute atomic E-state index is 5.63. The summed E-state index contributed by atoms with van der Waals surface area (Å²) in [5, 5.41) is 2.88. The Bertz CT molecular complexity index is 250. The van der Waals surface area contributed by atoms with Crippen molar-refractivity contribution in [1.29, 1.82) is 0 Å². The third kappa shape index (κ3) is 3.11. The molecule has 0 aromatic heterocycles. The number of amidine groups is 1. The van der Waals surface area contributed by atoms with Crippen LogP contribution >= 0.6 is 27.7 Å². The minimum atomic E-state index is 0.332. The highest BCUT2D eigenvalue weighted by Crippen LogP contribution is 2.25. The normalized spacial score (nSPS) is 32.7. The van der Waals surface area contributed by atoms with Gasteiger partial charge in [-0.1, -0.05) is 27.7 Å². The van der Waals surface area contributed by atoms with Crippen molar-refractivity contribution < 1.29 is 4.74 Å². The first-order valence-corrected chi connectivity index (χ1v) is 7.43. The maximum Gasteiger partial charge on any atom is 0.159 e. The smallest absolute Gasteiger partial charge is 0.159 e. The van der Waals surface area contributed by atoms with E-state index in [0.717, 1.165) is 38.0 Å². The highest BCUT2D eigenvalue weighted by molar-refractivity contribution is 9.09. The van der Waals surface area contributed by atoms with E-state index in [-0.39, 0.29) is 0 Å². The molecule has 1 fully saturated rings. The molecule has 2 unspecified atom stereocenters. The molecule has 15 heavy (non-hydrogen) atoms. The van der Waals surface area contributed by atoms with Crippen LogP contribution in [0.5, 0.6) is 0 Å². The number of halogens is 1. The Balaban J connectivity index is 1.92. The van der Waals surface area contributed by atoms with Crippen LogP contribution in [0, 0.1) is 0 Å². The molecule has 0 aromatic rings. The molecule has 2 atom stereocenters. The van der Waals surface area contributed by atoms with Gasteiger partial charge in [0.15, 0.2) is 5.17 Å². The van der Waals surface area contributed by atoms with Crippen LogP contribution in [-0.2, 0) is 4.74 Å². The van der Waals surface area contributed by atoms with Crippen LogP contribution in [0.15, 0.2) is 4.99 Å². The minimum absolute atomic E-state index is 0.332. The van der Waals surface area contributed by atoms with Crippen LogP contribution in [0.4, 0.5) is 0 Å². The second kappa shape index (κ2) is 5.55. The number of alkyl halides is 1. The predicted molar refractivity (Wildman–Crippen MR) is 69.1 cm³/mol. The Morgan fingerprint density at radius 2 is 2.53 bits per heavy atom. The maximum atomic E-state index is 5.63. The molecular formula is C10H17BrN2OS. The first kappa shape index (κ1) is 11.7. The number of thioether (sulfide) groups is 1. The van der Waals surface area contributed by atoms with Crippen LogP contribution in [0.3, 0.4) is 0 Å². The van der Waals surface area contributed by atoms with Crippen molar-refractivity contribution in [2.75, 3.05) is 31.6 Å². The van der Waals surface area contributed by atoms with Crippen molar-refractivity contribution in [3.8, 4) is 0 Å². The molecule has 0 bridgehead atoms. The van der Waals surface area contributed by atoms with Gasteiger partial charge in [-0.05, 0) is 13.3 Å². The minimum Gasteiger partial charge on any atom is -0.377 e. The lowest BCUT2D eigenvalue weighted by molar-refractivity contribution is 0.0746. The van der Waals surface area contributed by atoms with E-state index in [1.807, 2.05) is 11.8 Å². The second-order valence-corrected chi connectivity index (χ2v) is 5.91. The third-order valence-electron chi connectivity index (χ3n) is 2.60. The third-order valence-corrected chi connectivity index (χ3v) is 5.05. The van der Waals surface area contributed by atoms with Gasteiger partial charge in [0, 0.05) is 30.3 Å². The van der Waals surface area contributed by atoms with Crippen molar-refractivity contribution in [2.24, 2.45) is 4.99 Å². The number of aliphatic imine (C=N–C) groups is 1. The van der Waals surface area contributed by atoms with Gasteiger partial charge >= 0.3 is 0 Å². The molecule has 5 heteroatoms. The fraction of sp³-hybridized carbons (Fsp3) is 0.900. The summed E-state index contributed by atoms with van der Waals surface area (Å²) in [6.45, 7) is 6.06. The van der Waals surface area contributed by atoms with E-state index in [9.17, 15) is 0 Å². The lowest BCUT2D eigenvalue weighted by Crippen LogP contribution is -2.33. The largest absolute Gasteiger partial charge is 0.377 e. The molecule has 0 amide bonds. The monoisotopic (exact) mass is 292 g/mol. The average molecular weight is 293 g/mol. The van der Waals surface area contributed by atoms with Crippen LogP contribution in [0.2, 0.25) is 0 Å². The molecule has 0 saturated carbocycles. The van der Waals surface area contributed by atoms with Gasteiger partial charge in [-0.2, -0.15) is 0 Å². The highest BCUT2D eigenvalue weighted by atomic mass is 79.9. The van der Waals surface area contributed by atoms with Gasteiger partial charge in [-0.3, -0.25) is 4.99 Å². The van der Waals surface area contributed by atoms with E-state index in [4.69, 9.17) is 4.74 Å². The predicted octanol–water partition coefficient (Wildman–Crippen LogP) is 1.96. The molecule has 2 aliphatic rings. The zero-order valence-electron chi connectivity index (χ0n) is 8.99. The van der Waals surface area contributed by atoms with Crippen molar-refractivity contribution in [1.82, 2.24) is 4.90 Å². The summed E-state index contributed by atoms with van der Waals surface area (Å²) in [5.74, 6) is 0. The van der Waals surface area contributed by atoms with Gasteiger partial charge in [-0.25, -0.2) is 0 Å². The standard InChI is InChI=1S/C10H17BrN2OS/c1-8-7-13(3-2-4-14-8)10-12-6-9(5-11)15-10/h8-9H,2-7H2,1H3. The zero-order valence-corrected chi connectivity index (χ0v) is 11.4. The van der Waals surface area contributed by atoms with Crippen molar-refractivity contribution in [3.05, 3.63) is 0 Å². The van der Waals surface area contributed by atoms with Crippen LogP contribution in [-0.4, -0.2) is 53.0 Å². The van der Waals surface area contributed by atoms with Crippen molar-refractivity contribution in [2.45, 2.75) is 24.7 Å². The number of ether oxygens (including phenoxy) is 1. The fourth-order valence-electron chi connectivity index (χ4n) is 1.83. The van der Waals surface area contributed by atoms with Gasteiger partial charge in [0.25, 0.3) is 0 Å². The van der Waals surface area contributed by atoms with E-state index < -0.39 is 0 Å². The summed E-state index contributed by atoms with van der Waals surface area (Å²) in [7, 11) is 0. The van der Waals surface area contributed by atoms with E-state index in [2.05, 4.69) is 32.7 Å². The zero-order chi connectivity index (χ0) is 10.7. The first-order valence-electron chi connectivity index (χ1n) is 5.43. The molecule has 2 rings (SSSR count). The Kier molecular flexibility index (Phi) is 4.34. The summed E-state index contributed by atoms with van der Waals surface area (Å²) in [4.78, 5) is 6.99. The van der Waals surface area contributed by atoms with Gasteiger partial charge in [0.2, 0.25) is 0 Å². The highest BCUT2D eigenvalue weighted by Gasteiger charge is 2.25. The first-order chi connectivity index (χ1) is 7.29. The number of nitrogens with zero attached hydrogens (tertiary/aromatic N) is 2. The van der Waals surface area contributed by atoms with Gasteiger partial charge in [0.1, 0.15) is 0 Å². The molecule has 0 N–H and O–H groups in total. The van der Waals surface area contributed by atoms with Crippen molar-refractivity contribution >= 4 is 32.9 Å². The lowest BCUT2D eigenvalue weighted by Gasteiger charge is -2.23. The molecule has 0 aliphatic carbocycles. The van der Waals surface area contributed by atoms with E-state index in [1.54, 1.807) is 0 Å². The van der Waals surface area contributed by atoms with E-state index >= 15 is 0 Å². The fourth-order valence-corrected chi connectivity index (χ4v) is 3.40. The van der Waals surface area contributed by atoms with Gasteiger partial charge < -0.3 is 9.64 Å². The lowest BCUT2D eigenvalue weighted by atomic mass is 10.4. The summed E-state index contributed by atoms with van der Waals surface area (Å²) in [6.07, 6.45) is 1.45. The molecule has 86 valence electrons. The van der Waals surface area contributed by atoms with Crippen LogP contribution in [0.25, 0.3) is 0 Å². The van der Waals surface area contributed by atoms with E-state index in [0.29, 0.717) is 11.4 Å². The Morgan fingerprint density at radius 1 is 1.67 bits per heavy atom. The van der Waals surface area contributed by atoms with Gasteiger partial charge in [0.05, 0.1) is 12.6 Å². The molecule has 1 saturated heterocycles. The molecule has 0 radical (unpaired) electrons. The SMILES string of the molecule is CC1CN(C2=NCC(CBr)S2)CCCO1. The second-order valence-electron chi connectivity index (χ2n) is 4.00. The summed E-state index contributed by atoms with van der Waals surface area (Å²) in [5.41, 5.74) is 0. The topological polar surface area (TPSA) is 24.8 Å². The molecule has 2 heterocycles. The average Bonchev–Trinajstić information content (AvgIpc) is 2.61. The number of hydrogen-bond donors (Lipinski definition) is 0. The molecule has 0 spiro atoms. The Hall–Kier alpha value is 0.260. The Labute approximate surface area is 104 Å². The van der Waals surface area contributed by atoms with Gasteiger partial charge in [-0.15, -0.1) is 0 Å². The van der Waals surface area contributed by atoms with Crippen LogP contribution < -0.4 is 0 Å². The summed E-state index contributed by atoms with van der Waals surface area (Å²) in [6, 6.07) is 0.